The highest BCUT2D eigenvalue weighted by Gasteiger charge is 2.19. The monoisotopic (exact) mass is 329 g/mol. The zero-order valence-electron chi connectivity index (χ0n) is 11.2. The SMILES string of the molecule is BrCCON=C1c2ccccc2CCc2ccccc21. The highest BCUT2D eigenvalue weighted by Crippen LogP contribution is 2.25. The molecule has 102 valence electrons. The van der Waals surface area contributed by atoms with Crippen molar-refractivity contribution in [2.75, 3.05) is 11.9 Å². The normalized spacial score (nSPS) is 13.2. The number of oxime groups is 1. The lowest BCUT2D eigenvalue weighted by molar-refractivity contribution is 0.162. The molecule has 0 saturated heterocycles. The molecular formula is C17H16BrNO. The van der Waals surface area contributed by atoms with Crippen LogP contribution in [0.2, 0.25) is 0 Å². The van der Waals surface area contributed by atoms with Crippen LogP contribution in [0.5, 0.6) is 0 Å². The fourth-order valence-corrected chi connectivity index (χ4v) is 2.74. The van der Waals surface area contributed by atoms with Gasteiger partial charge in [-0.05, 0) is 24.0 Å². The Morgan fingerprint density at radius 1 is 0.900 bits per heavy atom. The van der Waals surface area contributed by atoms with Crippen molar-refractivity contribution < 1.29 is 4.84 Å². The summed E-state index contributed by atoms with van der Waals surface area (Å²) in [5.74, 6) is 0. The van der Waals surface area contributed by atoms with E-state index in [2.05, 4.69) is 69.6 Å². The Balaban J connectivity index is 2.11. The van der Waals surface area contributed by atoms with Gasteiger partial charge in [-0.25, -0.2) is 0 Å². The van der Waals surface area contributed by atoms with Crippen molar-refractivity contribution in [2.45, 2.75) is 12.8 Å². The first kappa shape index (κ1) is 13.4. The fraction of sp³-hybridized carbons (Fsp3) is 0.235. The number of alkyl halides is 1. The van der Waals surface area contributed by atoms with Crippen molar-refractivity contribution in [3.8, 4) is 0 Å². The van der Waals surface area contributed by atoms with E-state index >= 15 is 0 Å². The van der Waals surface area contributed by atoms with Crippen molar-refractivity contribution >= 4 is 21.6 Å². The zero-order valence-corrected chi connectivity index (χ0v) is 12.8. The van der Waals surface area contributed by atoms with Crippen LogP contribution in [-0.2, 0) is 17.7 Å². The lowest BCUT2D eigenvalue weighted by atomic mass is 9.98. The molecule has 0 amide bonds. The summed E-state index contributed by atoms with van der Waals surface area (Å²) in [7, 11) is 0. The molecule has 0 aliphatic heterocycles. The van der Waals surface area contributed by atoms with Crippen LogP contribution in [0.25, 0.3) is 0 Å². The average Bonchev–Trinajstić information content (AvgIpc) is 2.66. The molecule has 1 aliphatic carbocycles. The van der Waals surface area contributed by atoms with Crippen LogP contribution in [0.4, 0.5) is 0 Å². The van der Waals surface area contributed by atoms with Gasteiger partial charge < -0.3 is 4.84 Å². The Labute approximate surface area is 127 Å². The summed E-state index contributed by atoms with van der Waals surface area (Å²) in [6.07, 6.45) is 2.09. The van der Waals surface area contributed by atoms with Gasteiger partial charge in [0.15, 0.2) is 0 Å². The Kier molecular flexibility index (Phi) is 4.16. The van der Waals surface area contributed by atoms with Gasteiger partial charge in [0.05, 0.1) is 0 Å². The molecule has 2 aromatic carbocycles. The summed E-state index contributed by atoms with van der Waals surface area (Å²) in [6, 6.07) is 16.9. The zero-order chi connectivity index (χ0) is 13.8. The van der Waals surface area contributed by atoms with Crippen molar-refractivity contribution in [3.63, 3.8) is 0 Å². The molecule has 0 saturated carbocycles. The van der Waals surface area contributed by atoms with Crippen LogP contribution in [0, 0.1) is 0 Å². The van der Waals surface area contributed by atoms with Gasteiger partial charge in [-0.3, -0.25) is 0 Å². The molecule has 2 aromatic rings. The molecule has 1 aliphatic rings. The van der Waals surface area contributed by atoms with Gasteiger partial charge in [0.25, 0.3) is 0 Å². The molecule has 0 heterocycles. The molecule has 0 radical (unpaired) electrons. The van der Waals surface area contributed by atoms with Crippen molar-refractivity contribution in [3.05, 3.63) is 70.8 Å². The molecular weight excluding hydrogens is 314 g/mol. The van der Waals surface area contributed by atoms with E-state index in [9.17, 15) is 0 Å². The number of benzene rings is 2. The second-order valence-electron chi connectivity index (χ2n) is 4.78. The summed E-state index contributed by atoms with van der Waals surface area (Å²) < 4.78 is 0. The van der Waals surface area contributed by atoms with E-state index in [1.54, 1.807) is 0 Å². The number of hydrogen-bond acceptors (Lipinski definition) is 2. The molecule has 2 nitrogen and oxygen atoms in total. The summed E-state index contributed by atoms with van der Waals surface area (Å²) in [5.41, 5.74) is 6.00. The minimum Gasteiger partial charge on any atom is -0.394 e. The lowest BCUT2D eigenvalue weighted by Gasteiger charge is -2.09. The van der Waals surface area contributed by atoms with Crippen LogP contribution in [0.15, 0.2) is 53.7 Å². The average molecular weight is 330 g/mol. The third-order valence-electron chi connectivity index (χ3n) is 3.53. The van der Waals surface area contributed by atoms with Crippen molar-refractivity contribution in [1.29, 1.82) is 0 Å². The molecule has 0 unspecified atom stereocenters. The minimum absolute atomic E-state index is 0.577. The van der Waals surface area contributed by atoms with Gasteiger partial charge in [-0.2, -0.15) is 0 Å². The highest BCUT2D eigenvalue weighted by atomic mass is 79.9. The van der Waals surface area contributed by atoms with Crippen LogP contribution in [0.1, 0.15) is 22.3 Å². The van der Waals surface area contributed by atoms with Gasteiger partial charge in [-0.1, -0.05) is 69.6 Å². The first-order chi connectivity index (χ1) is 9.90. The van der Waals surface area contributed by atoms with Crippen molar-refractivity contribution in [1.82, 2.24) is 0 Å². The van der Waals surface area contributed by atoms with Crippen LogP contribution >= 0.6 is 15.9 Å². The largest absolute Gasteiger partial charge is 0.394 e. The van der Waals surface area contributed by atoms with E-state index in [1.807, 2.05) is 0 Å². The van der Waals surface area contributed by atoms with Crippen LogP contribution < -0.4 is 0 Å². The van der Waals surface area contributed by atoms with E-state index < -0.39 is 0 Å². The van der Waals surface area contributed by atoms with Gasteiger partial charge in [0.2, 0.25) is 0 Å². The summed E-state index contributed by atoms with van der Waals surface area (Å²) in [4.78, 5) is 5.43. The second-order valence-corrected chi connectivity index (χ2v) is 5.57. The summed E-state index contributed by atoms with van der Waals surface area (Å²) in [5, 5.41) is 5.19. The second kappa shape index (κ2) is 6.23. The van der Waals surface area contributed by atoms with E-state index in [0.29, 0.717) is 6.61 Å². The smallest absolute Gasteiger partial charge is 0.126 e. The number of aryl methyl sites for hydroxylation is 2. The Hall–Kier alpha value is -1.61. The van der Waals surface area contributed by atoms with E-state index in [4.69, 9.17) is 4.84 Å². The van der Waals surface area contributed by atoms with E-state index in [-0.39, 0.29) is 0 Å². The van der Waals surface area contributed by atoms with Gasteiger partial charge in [0, 0.05) is 16.5 Å². The molecule has 0 aromatic heterocycles. The molecule has 0 N–H and O–H groups in total. The molecule has 3 heteroatoms. The predicted molar refractivity (Wildman–Crippen MR) is 85.7 cm³/mol. The Morgan fingerprint density at radius 3 is 2.00 bits per heavy atom. The number of fused-ring (bicyclic) bond motifs is 2. The quantitative estimate of drug-likeness (QED) is 0.474. The maximum Gasteiger partial charge on any atom is 0.126 e. The first-order valence-corrected chi connectivity index (χ1v) is 7.95. The number of rotatable bonds is 3. The molecule has 20 heavy (non-hydrogen) atoms. The number of hydrogen-bond donors (Lipinski definition) is 0. The summed E-state index contributed by atoms with van der Waals surface area (Å²) >= 11 is 3.36. The molecule has 3 rings (SSSR count). The van der Waals surface area contributed by atoms with Gasteiger partial charge in [-0.15, -0.1) is 0 Å². The molecule has 0 spiro atoms. The highest BCUT2D eigenvalue weighted by molar-refractivity contribution is 9.09. The number of nitrogens with zero attached hydrogens (tertiary/aromatic N) is 1. The Morgan fingerprint density at radius 2 is 1.45 bits per heavy atom. The first-order valence-electron chi connectivity index (χ1n) is 6.82. The number of halogens is 1. The minimum atomic E-state index is 0.577. The topological polar surface area (TPSA) is 21.6 Å². The fourth-order valence-electron chi connectivity index (χ4n) is 2.60. The molecule has 0 bridgehead atoms. The standard InChI is InChI=1S/C17H16BrNO/c18-11-12-20-19-17-15-7-3-1-5-13(15)9-10-14-6-2-4-8-16(14)17/h1-8H,9-12H2. The van der Waals surface area contributed by atoms with Crippen molar-refractivity contribution in [2.24, 2.45) is 5.16 Å². The Bertz CT molecular complexity index is 587. The third-order valence-corrected chi connectivity index (χ3v) is 3.86. The van der Waals surface area contributed by atoms with E-state index in [0.717, 1.165) is 23.9 Å². The molecule has 0 atom stereocenters. The molecule has 0 fully saturated rings. The lowest BCUT2D eigenvalue weighted by Crippen LogP contribution is -2.07. The predicted octanol–water partition coefficient (Wildman–Crippen LogP) is 3.95. The van der Waals surface area contributed by atoms with Crippen LogP contribution in [0.3, 0.4) is 0 Å². The maximum atomic E-state index is 5.43. The van der Waals surface area contributed by atoms with E-state index in [1.165, 1.54) is 22.3 Å². The third kappa shape index (κ3) is 2.63. The van der Waals surface area contributed by atoms with Gasteiger partial charge >= 0.3 is 0 Å². The van der Waals surface area contributed by atoms with Gasteiger partial charge in [0.1, 0.15) is 12.3 Å². The maximum absolute atomic E-state index is 5.43. The summed E-state index contributed by atoms with van der Waals surface area (Å²) in [6.45, 7) is 0.577. The van der Waals surface area contributed by atoms with Crippen LogP contribution in [-0.4, -0.2) is 17.6 Å².